The predicted molar refractivity (Wildman–Crippen MR) is 96.5 cm³/mol. The molecule has 0 heterocycles. The van der Waals surface area contributed by atoms with Crippen LogP contribution < -0.4 is 15.8 Å². The maximum atomic E-state index is 12.2. The van der Waals surface area contributed by atoms with E-state index in [9.17, 15) is 9.90 Å². The first-order chi connectivity index (χ1) is 11.1. The number of aliphatic hydroxyl groups is 1. The molecule has 1 amide bonds. The van der Waals surface area contributed by atoms with Gasteiger partial charge in [0.25, 0.3) is 0 Å². The Labute approximate surface area is 149 Å². The van der Waals surface area contributed by atoms with Crippen LogP contribution >= 0.6 is 12.4 Å². The molecule has 134 valence electrons. The summed E-state index contributed by atoms with van der Waals surface area (Å²) in [5, 5.41) is 12.9. The lowest BCUT2D eigenvalue weighted by atomic mass is 9.95. The Hall–Kier alpha value is -1.30. The third kappa shape index (κ3) is 4.62. The van der Waals surface area contributed by atoms with Crippen LogP contribution in [0.4, 0.5) is 5.69 Å². The Balaban J connectivity index is 0.00000208. The molecule has 1 aromatic rings. The highest BCUT2D eigenvalue weighted by molar-refractivity contribution is 5.93. The summed E-state index contributed by atoms with van der Waals surface area (Å²) in [6.07, 6.45) is 6.16. The van der Waals surface area contributed by atoms with Gasteiger partial charge in [-0.05, 0) is 56.4 Å². The highest BCUT2D eigenvalue weighted by atomic mass is 35.5. The molecule has 0 radical (unpaired) electrons. The Morgan fingerprint density at radius 2 is 1.79 bits per heavy atom. The minimum absolute atomic E-state index is 0. The van der Waals surface area contributed by atoms with Crippen molar-refractivity contribution in [2.24, 2.45) is 11.7 Å². The molecule has 2 fully saturated rings. The molecule has 4 atom stereocenters. The van der Waals surface area contributed by atoms with Gasteiger partial charge < -0.3 is 20.9 Å². The fourth-order valence-corrected chi connectivity index (χ4v) is 3.56. The summed E-state index contributed by atoms with van der Waals surface area (Å²) in [7, 11) is 0. The molecule has 3 rings (SSSR count). The van der Waals surface area contributed by atoms with Crippen molar-refractivity contribution in [1.82, 2.24) is 0 Å². The summed E-state index contributed by atoms with van der Waals surface area (Å²) in [5.41, 5.74) is 6.73. The summed E-state index contributed by atoms with van der Waals surface area (Å²) in [4.78, 5) is 12.2. The van der Waals surface area contributed by atoms with Gasteiger partial charge in [-0.25, -0.2) is 0 Å². The molecule has 0 saturated heterocycles. The largest absolute Gasteiger partial charge is 0.488 e. The first-order valence-corrected chi connectivity index (χ1v) is 8.65. The highest BCUT2D eigenvalue weighted by Crippen LogP contribution is 2.27. The number of anilines is 1. The molecule has 2 aliphatic carbocycles. The van der Waals surface area contributed by atoms with Crippen molar-refractivity contribution in [2.45, 2.75) is 63.2 Å². The number of nitrogens with two attached hydrogens (primary N) is 1. The zero-order valence-electron chi connectivity index (χ0n) is 13.8. The summed E-state index contributed by atoms with van der Waals surface area (Å²) < 4.78 is 5.86. The van der Waals surface area contributed by atoms with E-state index >= 15 is 0 Å². The van der Waals surface area contributed by atoms with E-state index in [0.29, 0.717) is 0 Å². The van der Waals surface area contributed by atoms with Gasteiger partial charge in [-0.2, -0.15) is 0 Å². The molecular formula is C18H27ClN2O3. The molecule has 5 nitrogen and oxygen atoms in total. The van der Waals surface area contributed by atoms with E-state index in [4.69, 9.17) is 10.5 Å². The van der Waals surface area contributed by atoms with Crippen molar-refractivity contribution >= 4 is 24.0 Å². The van der Waals surface area contributed by atoms with Crippen LogP contribution in [0.25, 0.3) is 0 Å². The van der Waals surface area contributed by atoms with E-state index in [1.165, 1.54) is 0 Å². The maximum Gasteiger partial charge on any atom is 0.229 e. The summed E-state index contributed by atoms with van der Waals surface area (Å²) in [6.45, 7) is 0. The van der Waals surface area contributed by atoms with Gasteiger partial charge >= 0.3 is 0 Å². The number of nitrogens with one attached hydrogen (secondary N) is 1. The van der Waals surface area contributed by atoms with Gasteiger partial charge in [0.1, 0.15) is 11.9 Å². The van der Waals surface area contributed by atoms with Crippen LogP contribution in [0.2, 0.25) is 0 Å². The van der Waals surface area contributed by atoms with Crippen molar-refractivity contribution in [2.75, 3.05) is 5.32 Å². The number of carbonyl (C=O) groups excluding carboxylic acids is 1. The summed E-state index contributed by atoms with van der Waals surface area (Å²) in [6, 6.07) is 7.33. The third-order valence-corrected chi connectivity index (χ3v) is 4.98. The Morgan fingerprint density at radius 3 is 2.42 bits per heavy atom. The molecule has 4 unspecified atom stereocenters. The number of halogens is 1. The first kappa shape index (κ1) is 19.0. The molecule has 4 N–H and O–H groups in total. The first-order valence-electron chi connectivity index (χ1n) is 8.65. The zero-order chi connectivity index (χ0) is 16.2. The number of hydrogen-bond acceptors (Lipinski definition) is 4. The van der Waals surface area contributed by atoms with E-state index in [-0.39, 0.29) is 42.5 Å². The van der Waals surface area contributed by atoms with Crippen LogP contribution in [0.5, 0.6) is 5.75 Å². The van der Waals surface area contributed by atoms with Gasteiger partial charge in [-0.15, -0.1) is 12.4 Å². The maximum absolute atomic E-state index is 12.2. The fourth-order valence-electron chi connectivity index (χ4n) is 3.56. The Bertz CT molecular complexity index is 538. The molecule has 2 aliphatic rings. The van der Waals surface area contributed by atoms with Gasteiger partial charge in [0.2, 0.25) is 5.91 Å². The number of amides is 1. The minimum Gasteiger partial charge on any atom is -0.488 e. The molecule has 2 saturated carbocycles. The van der Waals surface area contributed by atoms with Crippen LogP contribution in [0.1, 0.15) is 44.9 Å². The van der Waals surface area contributed by atoms with Crippen molar-refractivity contribution in [3.63, 3.8) is 0 Å². The molecule has 24 heavy (non-hydrogen) atoms. The van der Waals surface area contributed by atoms with Crippen LogP contribution in [0.3, 0.4) is 0 Å². The topological polar surface area (TPSA) is 84.6 Å². The molecule has 0 bridgehead atoms. The number of benzene rings is 1. The summed E-state index contributed by atoms with van der Waals surface area (Å²) >= 11 is 0. The summed E-state index contributed by atoms with van der Waals surface area (Å²) in [5.74, 6) is 0.654. The third-order valence-electron chi connectivity index (χ3n) is 4.98. The molecule has 6 heteroatoms. The minimum atomic E-state index is -0.382. The lowest BCUT2D eigenvalue weighted by molar-refractivity contribution is -0.120. The normalized spacial score (nSPS) is 29.6. The Kier molecular flexibility index (Phi) is 6.90. The van der Waals surface area contributed by atoms with E-state index in [1.54, 1.807) is 0 Å². The smallest absolute Gasteiger partial charge is 0.229 e. The average Bonchev–Trinajstić information content (AvgIpc) is 2.98. The molecule has 0 spiro atoms. The highest BCUT2D eigenvalue weighted by Gasteiger charge is 2.30. The molecule has 0 aromatic heterocycles. The van der Waals surface area contributed by atoms with Gasteiger partial charge in [-0.1, -0.05) is 12.8 Å². The van der Waals surface area contributed by atoms with Crippen LogP contribution in [0, 0.1) is 5.92 Å². The number of ether oxygens (including phenoxy) is 1. The van der Waals surface area contributed by atoms with E-state index < -0.39 is 0 Å². The van der Waals surface area contributed by atoms with Gasteiger partial charge in [0.05, 0.1) is 12.0 Å². The van der Waals surface area contributed by atoms with E-state index in [0.717, 1.165) is 56.4 Å². The average molecular weight is 355 g/mol. The van der Waals surface area contributed by atoms with Gasteiger partial charge in [0, 0.05) is 11.7 Å². The second-order valence-corrected chi connectivity index (χ2v) is 6.72. The zero-order valence-corrected chi connectivity index (χ0v) is 14.6. The lowest BCUT2D eigenvalue weighted by Crippen LogP contribution is -2.34. The van der Waals surface area contributed by atoms with E-state index in [2.05, 4.69) is 5.32 Å². The predicted octanol–water partition coefficient (Wildman–Crippen LogP) is 2.86. The fraction of sp³-hybridized carbons (Fsp3) is 0.611. The number of hydrogen-bond donors (Lipinski definition) is 3. The van der Waals surface area contributed by atoms with Crippen molar-refractivity contribution in [3.05, 3.63) is 24.3 Å². The SMILES string of the molecule is Cl.NC1CCCC1C(=O)Nc1ccc(OC2CCCCC2O)cc1. The van der Waals surface area contributed by atoms with Gasteiger partial charge in [-0.3, -0.25) is 4.79 Å². The van der Waals surface area contributed by atoms with Crippen LogP contribution in [0.15, 0.2) is 24.3 Å². The molecule has 1 aromatic carbocycles. The van der Waals surface area contributed by atoms with E-state index in [1.807, 2.05) is 24.3 Å². The Morgan fingerprint density at radius 1 is 1.08 bits per heavy atom. The standard InChI is InChI=1S/C18H26N2O3.ClH/c19-15-5-3-4-14(15)18(22)20-12-8-10-13(11-9-12)23-17-7-2-1-6-16(17)21;/h8-11,14-17,21H,1-7,19H2,(H,20,22);1H. The van der Waals surface area contributed by atoms with Crippen molar-refractivity contribution < 1.29 is 14.6 Å². The van der Waals surface area contributed by atoms with Gasteiger partial charge in [0.15, 0.2) is 0 Å². The quantitative estimate of drug-likeness (QED) is 0.776. The molecule has 0 aliphatic heterocycles. The monoisotopic (exact) mass is 354 g/mol. The number of rotatable bonds is 4. The van der Waals surface area contributed by atoms with Crippen molar-refractivity contribution in [1.29, 1.82) is 0 Å². The van der Waals surface area contributed by atoms with Crippen LogP contribution in [-0.2, 0) is 4.79 Å². The number of carbonyl (C=O) groups is 1. The molecular weight excluding hydrogens is 328 g/mol. The second-order valence-electron chi connectivity index (χ2n) is 6.72. The second kappa shape index (κ2) is 8.70. The number of aliphatic hydroxyl groups excluding tert-OH is 1. The lowest BCUT2D eigenvalue weighted by Gasteiger charge is -2.28. The van der Waals surface area contributed by atoms with Crippen molar-refractivity contribution in [3.8, 4) is 5.75 Å². The van der Waals surface area contributed by atoms with Crippen LogP contribution in [-0.4, -0.2) is 29.3 Å².